The lowest BCUT2D eigenvalue weighted by Crippen LogP contribution is -2.21. The molecule has 0 radical (unpaired) electrons. The maximum absolute atomic E-state index is 13.7. The lowest BCUT2D eigenvalue weighted by atomic mass is 9.96. The summed E-state index contributed by atoms with van der Waals surface area (Å²) < 4.78 is 12.8. The number of rotatable bonds is 9. The van der Waals surface area contributed by atoms with E-state index in [2.05, 4.69) is 18.9 Å². The van der Waals surface area contributed by atoms with Crippen LogP contribution in [0.5, 0.6) is 11.5 Å². The molecule has 9 nitrogen and oxygen atoms in total. The molecule has 202 valence electrons. The molecule has 1 aromatic heterocycles. The summed E-state index contributed by atoms with van der Waals surface area (Å²) in [4.78, 5) is 29.6. The Labute approximate surface area is 226 Å². The number of nitrogens with zero attached hydrogens (tertiary/aromatic N) is 4. The molecule has 4 aromatic rings. The summed E-state index contributed by atoms with van der Waals surface area (Å²) >= 11 is 0. The summed E-state index contributed by atoms with van der Waals surface area (Å²) in [5.74, 6) is 1.71. The number of ether oxygens (including phenoxy) is 2. The van der Waals surface area contributed by atoms with Crippen molar-refractivity contribution in [1.29, 1.82) is 0 Å². The number of methoxy groups -OCH3 is 1. The monoisotopic (exact) mass is 528 g/mol. The SMILES string of the molecule is CC[C@H](C)Oc1ccc([N+](=O)[O-])cc1C=Nn1c(-c2cc(C(C)C)c(OC)cc2C)nc2ccccc2c1=O. The highest BCUT2D eigenvalue weighted by molar-refractivity contribution is 5.85. The predicted molar refractivity (Wildman–Crippen MR) is 153 cm³/mol. The zero-order valence-corrected chi connectivity index (χ0v) is 23.0. The molecule has 0 bridgehead atoms. The molecule has 0 aliphatic rings. The van der Waals surface area contributed by atoms with Crippen molar-refractivity contribution in [2.45, 2.75) is 53.1 Å². The molecule has 0 N–H and O–H groups in total. The van der Waals surface area contributed by atoms with Gasteiger partial charge in [-0.05, 0) is 67.6 Å². The first-order chi connectivity index (χ1) is 18.6. The lowest BCUT2D eigenvalue weighted by molar-refractivity contribution is -0.384. The average Bonchev–Trinajstić information content (AvgIpc) is 2.92. The quantitative estimate of drug-likeness (QED) is 0.140. The zero-order chi connectivity index (χ0) is 28.3. The Balaban J connectivity index is 1.97. The molecule has 0 saturated carbocycles. The molecule has 0 aliphatic carbocycles. The fourth-order valence-corrected chi connectivity index (χ4v) is 4.25. The van der Waals surface area contributed by atoms with Crippen molar-refractivity contribution in [3.8, 4) is 22.9 Å². The summed E-state index contributed by atoms with van der Waals surface area (Å²) in [5.41, 5.74) is 3.02. The second kappa shape index (κ2) is 11.5. The van der Waals surface area contributed by atoms with E-state index in [0.29, 0.717) is 28.0 Å². The maximum Gasteiger partial charge on any atom is 0.282 e. The van der Waals surface area contributed by atoms with Crippen molar-refractivity contribution in [3.05, 3.63) is 91.8 Å². The minimum absolute atomic E-state index is 0.107. The maximum atomic E-state index is 13.7. The summed E-state index contributed by atoms with van der Waals surface area (Å²) in [6.45, 7) is 9.96. The molecule has 0 unspecified atom stereocenters. The summed E-state index contributed by atoms with van der Waals surface area (Å²) in [6, 6.07) is 15.3. The van der Waals surface area contributed by atoms with Crippen LogP contribution in [0.3, 0.4) is 0 Å². The standard InChI is InChI=1S/C30H32N4O5/c1-7-20(5)39-27-13-12-22(34(36)37)15-21(27)17-31-33-29(32-26-11-9-8-10-23(26)30(33)35)25-16-24(18(2)3)28(38-6)14-19(25)4/h8-18,20H,7H2,1-6H3/t20-/m0/s1. The molecule has 39 heavy (non-hydrogen) atoms. The van der Waals surface area contributed by atoms with E-state index in [-0.39, 0.29) is 23.3 Å². The number of nitro groups is 1. The number of fused-ring (bicyclic) bond motifs is 1. The van der Waals surface area contributed by atoms with Gasteiger partial charge in [0.1, 0.15) is 11.5 Å². The van der Waals surface area contributed by atoms with Crippen LogP contribution in [-0.2, 0) is 0 Å². The van der Waals surface area contributed by atoms with Gasteiger partial charge >= 0.3 is 0 Å². The van der Waals surface area contributed by atoms with Crippen LogP contribution in [0.2, 0.25) is 0 Å². The third kappa shape index (κ3) is 5.67. The zero-order valence-electron chi connectivity index (χ0n) is 23.0. The third-order valence-corrected chi connectivity index (χ3v) is 6.61. The van der Waals surface area contributed by atoms with Crippen molar-refractivity contribution in [1.82, 2.24) is 9.66 Å². The van der Waals surface area contributed by atoms with Crippen molar-refractivity contribution in [2.24, 2.45) is 5.10 Å². The molecule has 0 spiro atoms. The molecule has 0 amide bonds. The lowest BCUT2D eigenvalue weighted by Gasteiger charge is -2.17. The predicted octanol–water partition coefficient (Wildman–Crippen LogP) is 6.47. The first-order valence-corrected chi connectivity index (χ1v) is 12.8. The topological polar surface area (TPSA) is 109 Å². The number of para-hydroxylation sites is 1. The minimum atomic E-state index is -0.478. The van der Waals surface area contributed by atoms with Gasteiger partial charge in [0.25, 0.3) is 11.2 Å². The van der Waals surface area contributed by atoms with Crippen LogP contribution in [-0.4, -0.2) is 34.0 Å². The number of hydrogen-bond acceptors (Lipinski definition) is 7. The summed E-state index contributed by atoms with van der Waals surface area (Å²) in [7, 11) is 1.63. The Kier molecular flexibility index (Phi) is 8.09. The molecule has 0 saturated heterocycles. The van der Waals surface area contributed by atoms with Crippen molar-refractivity contribution in [3.63, 3.8) is 0 Å². The number of aryl methyl sites for hydroxylation is 1. The Morgan fingerprint density at radius 1 is 1.10 bits per heavy atom. The van der Waals surface area contributed by atoms with Gasteiger partial charge in [0.15, 0.2) is 5.82 Å². The first-order valence-electron chi connectivity index (χ1n) is 12.8. The van der Waals surface area contributed by atoms with Crippen LogP contribution < -0.4 is 15.0 Å². The van der Waals surface area contributed by atoms with Crippen molar-refractivity contribution >= 4 is 22.8 Å². The van der Waals surface area contributed by atoms with Gasteiger partial charge in [-0.3, -0.25) is 14.9 Å². The fourth-order valence-electron chi connectivity index (χ4n) is 4.25. The van der Waals surface area contributed by atoms with Crippen LogP contribution in [0.25, 0.3) is 22.3 Å². The van der Waals surface area contributed by atoms with Gasteiger partial charge in [-0.2, -0.15) is 9.78 Å². The van der Waals surface area contributed by atoms with Crippen LogP contribution in [0.15, 0.2) is 64.5 Å². The minimum Gasteiger partial charge on any atom is -0.496 e. The largest absolute Gasteiger partial charge is 0.496 e. The Morgan fingerprint density at radius 3 is 2.51 bits per heavy atom. The van der Waals surface area contributed by atoms with E-state index >= 15 is 0 Å². The smallest absolute Gasteiger partial charge is 0.282 e. The van der Waals surface area contributed by atoms with E-state index in [9.17, 15) is 14.9 Å². The van der Waals surface area contributed by atoms with Crippen LogP contribution in [0.4, 0.5) is 5.69 Å². The highest BCUT2D eigenvalue weighted by Crippen LogP contribution is 2.34. The van der Waals surface area contributed by atoms with Crippen LogP contribution in [0.1, 0.15) is 56.7 Å². The van der Waals surface area contributed by atoms with E-state index in [1.54, 1.807) is 31.4 Å². The first kappa shape index (κ1) is 27.5. The second-order valence-corrected chi connectivity index (χ2v) is 9.69. The van der Waals surface area contributed by atoms with Crippen LogP contribution in [0, 0.1) is 17.0 Å². The van der Waals surface area contributed by atoms with E-state index in [1.165, 1.54) is 23.0 Å². The van der Waals surface area contributed by atoms with Gasteiger partial charge < -0.3 is 9.47 Å². The van der Waals surface area contributed by atoms with Gasteiger partial charge in [-0.15, -0.1) is 0 Å². The molecule has 9 heteroatoms. The highest BCUT2D eigenvalue weighted by atomic mass is 16.6. The summed E-state index contributed by atoms with van der Waals surface area (Å²) in [5, 5.41) is 16.4. The Morgan fingerprint density at radius 2 is 1.85 bits per heavy atom. The number of benzene rings is 3. The summed E-state index contributed by atoms with van der Waals surface area (Å²) in [6.07, 6.45) is 2.05. The normalized spacial score (nSPS) is 12.3. The van der Waals surface area contributed by atoms with Crippen molar-refractivity contribution in [2.75, 3.05) is 7.11 Å². The van der Waals surface area contributed by atoms with Crippen molar-refractivity contribution < 1.29 is 14.4 Å². The van der Waals surface area contributed by atoms with Crippen LogP contribution >= 0.6 is 0 Å². The third-order valence-electron chi connectivity index (χ3n) is 6.61. The molecule has 4 rings (SSSR count). The van der Waals surface area contributed by atoms with E-state index in [4.69, 9.17) is 14.5 Å². The van der Waals surface area contributed by atoms with Gasteiger partial charge in [-0.25, -0.2) is 4.98 Å². The fraction of sp³-hybridized carbons (Fsp3) is 0.300. The Hall–Kier alpha value is -4.53. The van der Waals surface area contributed by atoms with E-state index < -0.39 is 4.92 Å². The van der Waals surface area contributed by atoms with Gasteiger partial charge in [-0.1, -0.05) is 32.9 Å². The number of hydrogen-bond donors (Lipinski definition) is 0. The van der Waals surface area contributed by atoms with E-state index in [0.717, 1.165) is 28.9 Å². The number of nitro benzene ring substituents is 1. The molecular weight excluding hydrogens is 496 g/mol. The number of non-ortho nitro benzene ring substituents is 1. The molecule has 0 aliphatic heterocycles. The Bertz CT molecular complexity index is 1620. The van der Waals surface area contributed by atoms with Gasteiger partial charge in [0.05, 0.1) is 35.3 Å². The molecule has 1 atom stereocenters. The molecule has 3 aromatic carbocycles. The molecular formula is C30H32N4O5. The molecule has 0 fully saturated rings. The number of aromatic nitrogens is 2. The highest BCUT2D eigenvalue weighted by Gasteiger charge is 2.19. The van der Waals surface area contributed by atoms with E-state index in [1.807, 2.05) is 39.0 Å². The van der Waals surface area contributed by atoms with Gasteiger partial charge in [0, 0.05) is 23.3 Å². The average molecular weight is 529 g/mol. The molecule has 1 heterocycles. The van der Waals surface area contributed by atoms with Gasteiger partial charge in [0.2, 0.25) is 0 Å². The second-order valence-electron chi connectivity index (χ2n) is 9.69.